The van der Waals surface area contributed by atoms with E-state index in [2.05, 4.69) is 15.6 Å². The molecular formula is C20H19N3O5S. The lowest BCUT2D eigenvalue weighted by atomic mass is 10.1. The van der Waals surface area contributed by atoms with Crippen LogP contribution in [0.25, 0.3) is 10.8 Å². The van der Waals surface area contributed by atoms with Crippen molar-refractivity contribution in [2.24, 2.45) is 5.92 Å². The maximum Gasteiger partial charge on any atom is 0.394 e. The molecule has 0 aliphatic carbocycles. The van der Waals surface area contributed by atoms with Crippen LogP contribution in [0, 0.1) is 5.92 Å². The zero-order valence-corrected chi connectivity index (χ0v) is 16.6. The number of ether oxygens (including phenoxy) is 1. The third-order valence-electron chi connectivity index (χ3n) is 3.79. The maximum absolute atomic E-state index is 12.8. The second-order valence-corrected chi connectivity index (χ2v) is 7.60. The molecule has 0 unspecified atom stereocenters. The topological polar surface area (TPSA) is 118 Å². The number of thiazole rings is 1. The number of nitrogens with one attached hydrogen (secondary N) is 2. The predicted octanol–water partition coefficient (Wildman–Crippen LogP) is 3.61. The lowest BCUT2D eigenvalue weighted by molar-refractivity contribution is -0.147. The van der Waals surface area contributed by atoms with Gasteiger partial charge in [-0.15, -0.1) is 0 Å². The summed E-state index contributed by atoms with van der Waals surface area (Å²) in [5.41, 5.74) is 0.558. The fraction of sp³-hybridized carbons (Fsp3) is 0.200. The quantitative estimate of drug-likeness (QED) is 0.532. The Morgan fingerprint density at radius 3 is 2.52 bits per heavy atom. The van der Waals surface area contributed by atoms with E-state index in [0.29, 0.717) is 12.3 Å². The zero-order chi connectivity index (χ0) is 21.0. The van der Waals surface area contributed by atoms with Crippen molar-refractivity contribution in [3.63, 3.8) is 0 Å². The average Bonchev–Trinajstić information content (AvgIpc) is 3.09. The summed E-state index contributed by atoms with van der Waals surface area (Å²) in [5.74, 6) is -3.42. The number of aromatic nitrogens is 1. The van der Waals surface area contributed by atoms with Crippen LogP contribution in [0.4, 0.5) is 11.5 Å². The SMILES string of the molecule is CC(C)COc1nc(NC(=O)C(=O)O)c(C(=O)Nc2ccc3ccccc3c2)s1. The fourth-order valence-electron chi connectivity index (χ4n) is 2.45. The van der Waals surface area contributed by atoms with Crippen LogP contribution in [0.3, 0.4) is 0 Å². The first kappa shape index (κ1) is 20.3. The molecule has 0 atom stereocenters. The molecule has 0 saturated heterocycles. The van der Waals surface area contributed by atoms with E-state index in [-0.39, 0.29) is 21.8 Å². The van der Waals surface area contributed by atoms with Crippen LogP contribution in [0.1, 0.15) is 23.5 Å². The van der Waals surface area contributed by atoms with Crippen molar-refractivity contribution in [1.82, 2.24) is 4.98 Å². The molecule has 2 amide bonds. The smallest absolute Gasteiger partial charge is 0.394 e. The number of anilines is 2. The second kappa shape index (κ2) is 8.70. The van der Waals surface area contributed by atoms with Crippen LogP contribution in [0.2, 0.25) is 0 Å². The zero-order valence-electron chi connectivity index (χ0n) is 15.8. The highest BCUT2D eigenvalue weighted by Crippen LogP contribution is 2.30. The fourth-order valence-corrected chi connectivity index (χ4v) is 3.23. The van der Waals surface area contributed by atoms with Crippen molar-refractivity contribution in [3.8, 4) is 5.19 Å². The van der Waals surface area contributed by atoms with Crippen molar-refractivity contribution >= 4 is 51.4 Å². The van der Waals surface area contributed by atoms with Crippen LogP contribution in [-0.2, 0) is 9.59 Å². The van der Waals surface area contributed by atoms with Crippen LogP contribution in [0.5, 0.6) is 5.19 Å². The van der Waals surface area contributed by atoms with Gasteiger partial charge in [0.05, 0.1) is 6.61 Å². The minimum Gasteiger partial charge on any atom is -0.474 e. The molecule has 0 saturated carbocycles. The molecule has 3 rings (SSSR count). The number of carbonyl (C=O) groups excluding carboxylic acids is 2. The van der Waals surface area contributed by atoms with Crippen molar-refractivity contribution in [2.45, 2.75) is 13.8 Å². The molecule has 3 aromatic rings. The Morgan fingerprint density at radius 2 is 1.83 bits per heavy atom. The van der Waals surface area contributed by atoms with Crippen LogP contribution in [0.15, 0.2) is 42.5 Å². The van der Waals surface area contributed by atoms with Crippen LogP contribution >= 0.6 is 11.3 Å². The molecule has 0 aliphatic rings. The number of carboxylic acids is 1. The molecule has 2 aromatic carbocycles. The predicted molar refractivity (Wildman–Crippen MR) is 111 cm³/mol. The number of hydrogen-bond acceptors (Lipinski definition) is 6. The number of aliphatic carboxylic acids is 1. The lowest BCUT2D eigenvalue weighted by Crippen LogP contribution is -2.23. The Labute approximate surface area is 170 Å². The van der Waals surface area contributed by atoms with E-state index >= 15 is 0 Å². The molecule has 0 radical (unpaired) electrons. The molecule has 0 fully saturated rings. The van der Waals surface area contributed by atoms with Gasteiger partial charge in [0, 0.05) is 5.69 Å². The number of nitrogens with zero attached hydrogens (tertiary/aromatic N) is 1. The normalized spacial score (nSPS) is 10.7. The molecular weight excluding hydrogens is 394 g/mol. The highest BCUT2D eigenvalue weighted by atomic mass is 32.1. The molecule has 3 N–H and O–H groups in total. The number of carbonyl (C=O) groups is 3. The summed E-state index contributed by atoms with van der Waals surface area (Å²) >= 11 is 0.933. The first-order chi connectivity index (χ1) is 13.8. The summed E-state index contributed by atoms with van der Waals surface area (Å²) in [5, 5.41) is 15.9. The van der Waals surface area contributed by atoms with Crippen molar-refractivity contribution in [1.29, 1.82) is 0 Å². The van der Waals surface area contributed by atoms with Gasteiger partial charge in [-0.25, -0.2) is 4.79 Å². The molecule has 1 aromatic heterocycles. The van der Waals surface area contributed by atoms with Gasteiger partial charge in [0.2, 0.25) is 0 Å². The number of hydrogen-bond donors (Lipinski definition) is 3. The van der Waals surface area contributed by atoms with Gasteiger partial charge in [0.25, 0.3) is 11.1 Å². The summed E-state index contributed by atoms with van der Waals surface area (Å²) in [6, 6.07) is 13.2. The summed E-state index contributed by atoms with van der Waals surface area (Å²) in [4.78, 5) is 39.3. The van der Waals surface area contributed by atoms with Gasteiger partial charge in [-0.1, -0.05) is 55.5 Å². The highest BCUT2D eigenvalue weighted by molar-refractivity contribution is 7.16. The number of amides is 2. The van der Waals surface area contributed by atoms with Crippen LogP contribution < -0.4 is 15.4 Å². The van der Waals surface area contributed by atoms with E-state index in [1.807, 2.05) is 50.2 Å². The van der Waals surface area contributed by atoms with Crippen molar-refractivity contribution in [2.75, 3.05) is 17.2 Å². The van der Waals surface area contributed by atoms with Gasteiger partial charge in [0.1, 0.15) is 4.88 Å². The molecule has 0 bridgehead atoms. The first-order valence-corrected chi connectivity index (χ1v) is 9.63. The Balaban J connectivity index is 1.85. The van der Waals surface area contributed by atoms with E-state index in [4.69, 9.17) is 9.84 Å². The number of fused-ring (bicyclic) bond motifs is 1. The standard InChI is InChI=1S/C20H19N3O5S/c1-11(2)10-28-20-23-16(22-18(25)19(26)27)15(29-20)17(24)21-14-8-7-12-5-3-4-6-13(12)9-14/h3-9,11H,10H2,1-2H3,(H,21,24)(H,22,25)(H,26,27). The van der Waals surface area contributed by atoms with Crippen LogP contribution in [-0.4, -0.2) is 34.5 Å². The molecule has 0 aliphatic heterocycles. The number of rotatable bonds is 6. The minimum atomic E-state index is -1.68. The third kappa shape index (κ3) is 5.08. The van der Waals surface area contributed by atoms with Gasteiger partial charge in [-0.2, -0.15) is 4.98 Å². The minimum absolute atomic E-state index is 0.0477. The van der Waals surface area contributed by atoms with E-state index in [0.717, 1.165) is 22.1 Å². The largest absolute Gasteiger partial charge is 0.474 e. The van der Waals surface area contributed by atoms with Gasteiger partial charge in [-0.3, -0.25) is 14.9 Å². The first-order valence-electron chi connectivity index (χ1n) is 8.81. The average molecular weight is 413 g/mol. The Kier molecular flexibility index (Phi) is 6.08. The molecule has 9 heteroatoms. The Morgan fingerprint density at radius 1 is 1.10 bits per heavy atom. The molecule has 8 nitrogen and oxygen atoms in total. The van der Waals surface area contributed by atoms with Gasteiger partial charge in [0.15, 0.2) is 5.82 Å². The summed E-state index contributed by atoms with van der Waals surface area (Å²) in [6.45, 7) is 4.27. The summed E-state index contributed by atoms with van der Waals surface area (Å²) in [6.07, 6.45) is 0. The maximum atomic E-state index is 12.8. The second-order valence-electron chi connectivity index (χ2n) is 6.64. The Hall–Kier alpha value is -3.46. The van der Waals surface area contributed by atoms with Crippen molar-refractivity contribution in [3.05, 3.63) is 47.3 Å². The van der Waals surface area contributed by atoms with E-state index in [1.54, 1.807) is 6.07 Å². The molecule has 0 spiro atoms. The van der Waals surface area contributed by atoms with E-state index in [9.17, 15) is 14.4 Å². The lowest BCUT2D eigenvalue weighted by Gasteiger charge is -2.06. The number of carboxylic acid groups (broad SMARTS) is 1. The molecule has 150 valence electrons. The molecule has 29 heavy (non-hydrogen) atoms. The van der Waals surface area contributed by atoms with Gasteiger partial charge < -0.3 is 15.2 Å². The van der Waals surface area contributed by atoms with Gasteiger partial charge in [-0.05, 0) is 28.8 Å². The summed E-state index contributed by atoms with van der Waals surface area (Å²) < 4.78 is 5.52. The third-order valence-corrected chi connectivity index (χ3v) is 4.75. The Bertz CT molecular complexity index is 1080. The van der Waals surface area contributed by atoms with Crippen molar-refractivity contribution < 1.29 is 24.2 Å². The monoisotopic (exact) mass is 413 g/mol. The van der Waals surface area contributed by atoms with E-state index in [1.165, 1.54) is 0 Å². The molecule has 1 heterocycles. The van der Waals surface area contributed by atoms with Gasteiger partial charge >= 0.3 is 11.9 Å². The van der Waals surface area contributed by atoms with E-state index < -0.39 is 17.8 Å². The highest BCUT2D eigenvalue weighted by Gasteiger charge is 2.23. The number of benzene rings is 2. The summed E-state index contributed by atoms with van der Waals surface area (Å²) in [7, 11) is 0.